The molecule has 0 saturated heterocycles. The first kappa shape index (κ1) is 14.3. The topological polar surface area (TPSA) is 54.2 Å². The average molecular weight is 254 g/mol. The summed E-state index contributed by atoms with van der Waals surface area (Å²) in [5.41, 5.74) is 3.64. The summed E-state index contributed by atoms with van der Waals surface area (Å²) in [4.78, 5) is 6.81. The number of hydrogen-bond acceptors (Lipinski definition) is 5. The number of thioether (sulfide) groups is 1. The quantitative estimate of drug-likeness (QED) is 0.422. The molecule has 1 heterocycles. The normalized spacial score (nSPS) is 10.8. The Morgan fingerprint density at radius 3 is 2.76 bits per heavy atom. The van der Waals surface area contributed by atoms with Crippen molar-refractivity contribution < 1.29 is 0 Å². The fourth-order valence-electron chi connectivity index (χ4n) is 1.55. The van der Waals surface area contributed by atoms with Gasteiger partial charge in [0.1, 0.15) is 5.82 Å². The predicted octanol–water partition coefficient (Wildman–Crippen LogP) is 1.94. The van der Waals surface area contributed by atoms with Crippen molar-refractivity contribution in [2.45, 2.75) is 19.6 Å². The van der Waals surface area contributed by atoms with Gasteiger partial charge in [0.15, 0.2) is 0 Å². The second kappa shape index (κ2) is 8.33. The number of nitrogens with zero attached hydrogens (tertiary/aromatic N) is 2. The molecule has 0 fully saturated rings. The highest BCUT2D eigenvalue weighted by molar-refractivity contribution is 7.98. The van der Waals surface area contributed by atoms with Crippen LogP contribution < -0.4 is 11.3 Å². The van der Waals surface area contributed by atoms with Crippen molar-refractivity contribution in [1.29, 1.82) is 0 Å². The molecule has 0 aliphatic rings. The van der Waals surface area contributed by atoms with Crippen molar-refractivity contribution in [3.05, 3.63) is 23.9 Å². The Hall–Kier alpha value is -0.780. The average Bonchev–Trinajstić information content (AvgIpc) is 2.39. The Morgan fingerprint density at radius 1 is 1.35 bits per heavy atom. The van der Waals surface area contributed by atoms with Crippen molar-refractivity contribution in [1.82, 2.24) is 9.88 Å². The second-order valence-electron chi connectivity index (χ2n) is 3.74. The lowest BCUT2D eigenvalue weighted by Crippen LogP contribution is -2.25. The summed E-state index contributed by atoms with van der Waals surface area (Å²) in [6, 6.07) is 5.87. The summed E-state index contributed by atoms with van der Waals surface area (Å²) in [6.07, 6.45) is 0. The van der Waals surface area contributed by atoms with Crippen molar-refractivity contribution in [2.24, 2.45) is 5.84 Å². The summed E-state index contributed by atoms with van der Waals surface area (Å²) in [5, 5.41) is 0. The zero-order valence-electron chi connectivity index (χ0n) is 10.6. The van der Waals surface area contributed by atoms with Gasteiger partial charge < -0.3 is 10.3 Å². The van der Waals surface area contributed by atoms with E-state index in [2.05, 4.69) is 29.2 Å². The van der Waals surface area contributed by atoms with E-state index in [1.807, 2.05) is 30.0 Å². The van der Waals surface area contributed by atoms with Gasteiger partial charge in [0.25, 0.3) is 0 Å². The molecule has 1 aromatic rings. The molecule has 0 amide bonds. The SMILES string of the molecule is CCN(CC)CCSCc1cccc(NN)n1. The number of hydrazine groups is 1. The lowest BCUT2D eigenvalue weighted by molar-refractivity contribution is 0.324. The number of aromatic nitrogens is 1. The van der Waals surface area contributed by atoms with E-state index in [1.165, 1.54) is 0 Å². The minimum atomic E-state index is 0.729. The number of pyridine rings is 1. The first-order chi connectivity index (χ1) is 8.30. The van der Waals surface area contributed by atoms with Gasteiger partial charge in [-0.1, -0.05) is 19.9 Å². The van der Waals surface area contributed by atoms with Gasteiger partial charge in [0.05, 0.1) is 5.69 Å². The van der Waals surface area contributed by atoms with Gasteiger partial charge in [0.2, 0.25) is 0 Å². The maximum absolute atomic E-state index is 5.32. The van der Waals surface area contributed by atoms with Gasteiger partial charge in [-0.3, -0.25) is 0 Å². The van der Waals surface area contributed by atoms with E-state index in [-0.39, 0.29) is 0 Å². The second-order valence-corrected chi connectivity index (χ2v) is 4.84. The summed E-state index contributed by atoms with van der Waals surface area (Å²) in [5.74, 6) is 8.14. The molecule has 0 aromatic carbocycles. The van der Waals surface area contributed by atoms with Crippen molar-refractivity contribution in [2.75, 3.05) is 30.8 Å². The van der Waals surface area contributed by atoms with E-state index in [9.17, 15) is 0 Å². The van der Waals surface area contributed by atoms with Gasteiger partial charge in [-0.15, -0.1) is 0 Å². The molecule has 0 atom stereocenters. The molecule has 0 aliphatic carbocycles. The Bertz CT molecular complexity index is 315. The van der Waals surface area contributed by atoms with E-state index >= 15 is 0 Å². The highest BCUT2D eigenvalue weighted by Crippen LogP contribution is 2.12. The number of rotatable bonds is 8. The van der Waals surface area contributed by atoms with Crippen LogP contribution >= 0.6 is 11.8 Å². The fourth-order valence-corrected chi connectivity index (χ4v) is 2.45. The monoisotopic (exact) mass is 254 g/mol. The third-order valence-corrected chi connectivity index (χ3v) is 3.62. The number of hydrogen-bond donors (Lipinski definition) is 2. The number of nitrogen functional groups attached to an aromatic ring is 1. The van der Waals surface area contributed by atoms with Crippen LogP contribution in [-0.2, 0) is 5.75 Å². The van der Waals surface area contributed by atoms with E-state index in [1.54, 1.807) is 0 Å². The summed E-state index contributed by atoms with van der Waals surface area (Å²) in [7, 11) is 0. The van der Waals surface area contributed by atoms with Crippen LogP contribution in [0.1, 0.15) is 19.5 Å². The van der Waals surface area contributed by atoms with Crippen LogP contribution in [0.4, 0.5) is 5.82 Å². The molecule has 1 rings (SSSR count). The van der Waals surface area contributed by atoms with Crippen LogP contribution in [0.3, 0.4) is 0 Å². The van der Waals surface area contributed by atoms with Gasteiger partial charge in [-0.2, -0.15) is 11.8 Å². The number of nitrogens with two attached hydrogens (primary N) is 1. The smallest absolute Gasteiger partial charge is 0.140 e. The van der Waals surface area contributed by atoms with Crippen LogP contribution in [0.2, 0.25) is 0 Å². The van der Waals surface area contributed by atoms with Crippen molar-refractivity contribution in [3.63, 3.8) is 0 Å². The van der Waals surface area contributed by atoms with E-state index in [0.717, 1.165) is 42.7 Å². The molecule has 0 aliphatic heterocycles. The van der Waals surface area contributed by atoms with E-state index in [0.29, 0.717) is 0 Å². The summed E-state index contributed by atoms with van der Waals surface area (Å²) >= 11 is 1.91. The Balaban J connectivity index is 2.26. The molecule has 4 nitrogen and oxygen atoms in total. The number of anilines is 1. The Kier molecular flexibility index (Phi) is 7.00. The zero-order chi connectivity index (χ0) is 12.5. The van der Waals surface area contributed by atoms with Crippen LogP contribution in [0, 0.1) is 0 Å². The molecular formula is C12H22N4S. The highest BCUT2D eigenvalue weighted by atomic mass is 32.2. The number of nitrogens with one attached hydrogen (secondary N) is 1. The molecule has 5 heteroatoms. The summed E-state index contributed by atoms with van der Waals surface area (Å²) in [6.45, 7) is 7.80. The van der Waals surface area contributed by atoms with Crippen molar-refractivity contribution >= 4 is 17.6 Å². The first-order valence-electron chi connectivity index (χ1n) is 6.02. The molecule has 1 aromatic heterocycles. The molecule has 17 heavy (non-hydrogen) atoms. The third-order valence-electron chi connectivity index (χ3n) is 2.65. The molecular weight excluding hydrogens is 232 g/mol. The molecule has 96 valence electrons. The van der Waals surface area contributed by atoms with Crippen LogP contribution in [0.15, 0.2) is 18.2 Å². The lowest BCUT2D eigenvalue weighted by atomic mass is 10.4. The van der Waals surface area contributed by atoms with Gasteiger partial charge in [-0.05, 0) is 25.2 Å². The van der Waals surface area contributed by atoms with Crippen LogP contribution in [0.25, 0.3) is 0 Å². The molecule has 0 spiro atoms. The fraction of sp³-hybridized carbons (Fsp3) is 0.583. The zero-order valence-corrected chi connectivity index (χ0v) is 11.5. The first-order valence-corrected chi connectivity index (χ1v) is 7.18. The van der Waals surface area contributed by atoms with Crippen LogP contribution in [-0.4, -0.2) is 35.3 Å². The van der Waals surface area contributed by atoms with E-state index < -0.39 is 0 Å². The third kappa shape index (κ3) is 5.39. The van der Waals surface area contributed by atoms with Gasteiger partial charge >= 0.3 is 0 Å². The summed E-state index contributed by atoms with van der Waals surface area (Å²) < 4.78 is 0. The minimum Gasteiger partial charge on any atom is -0.308 e. The maximum Gasteiger partial charge on any atom is 0.140 e. The molecule has 0 bridgehead atoms. The predicted molar refractivity (Wildman–Crippen MR) is 76.0 cm³/mol. The molecule has 0 saturated carbocycles. The van der Waals surface area contributed by atoms with Crippen LogP contribution in [0.5, 0.6) is 0 Å². The standard InChI is InChI=1S/C12H22N4S/c1-3-16(4-2)8-9-17-10-11-6-5-7-12(14-11)15-13/h5-7H,3-4,8-10,13H2,1-2H3,(H,14,15). The van der Waals surface area contributed by atoms with E-state index in [4.69, 9.17) is 5.84 Å². The molecule has 3 N–H and O–H groups in total. The van der Waals surface area contributed by atoms with Gasteiger partial charge in [0, 0.05) is 18.1 Å². The van der Waals surface area contributed by atoms with Gasteiger partial charge in [-0.25, -0.2) is 10.8 Å². The van der Waals surface area contributed by atoms with Crippen molar-refractivity contribution in [3.8, 4) is 0 Å². The largest absolute Gasteiger partial charge is 0.308 e. The molecule has 0 unspecified atom stereocenters. The molecule has 0 radical (unpaired) electrons. The minimum absolute atomic E-state index is 0.729. The highest BCUT2D eigenvalue weighted by Gasteiger charge is 2.00. The Labute approximate surface area is 108 Å². The maximum atomic E-state index is 5.32. The Morgan fingerprint density at radius 2 is 2.12 bits per heavy atom. The lowest BCUT2D eigenvalue weighted by Gasteiger charge is -2.17.